The van der Waals surface area contributed by atoms with Gasteiger partial charge in [-0.3, -0.25) is 4.79 Å². The molecular formula is C14H21ClN2O2. The van der Waals surface area contributed by atoms with Crippen molar-refractivity contribution in [2.75, 3.05) is 18.5 Å². The largest absolute Gasteiger partial charge is 0.396 e. The zero-order chi connectivity index (χ0) is 14.3. The fourth-order valence-electron chi connectivity index (χ4n) is 1.81. The Balaban J connectivity index is 2.42. The van der Waals surface area contributed by atoms with E-state index in [1.165, 1.54) is 0 Å². The fourth-order valence-corrected chi connectivity index (χ4v) is 2.00. The molecule has 1 rings (SSSR count). The maximum Gasteiger partial charge on any atom is 0.238 e. The summed E-state index contributed by atoms with van der Waals surface area (Å²) >= 11 is 5.84. The van der Waals surface area contributed by atoms with Crippen molar-refractivity contribution in [3.8, 4) is 0 Å². The maximum atomic E-state index is 11.8. The molecule has 5 heteroatoms. The van der Waals surface area contributed by atoms with Gasteiger partial charge in [-0.15, -0.1) is 0 Å². The molecule has 0 bridgehead atoms. The molecule has 0 aromatic heterocycles. The number of carbonyl (C=O) groups is 1. The number of nitrogens with one attached hydrogen (secondary N) is 2. The zero-order valence-electron chi connectivity index (χ0n) is 11.3. The van der Waals surface area contributed by atoms with E-state index in [4.69, 9.17) is 16.7 Å². The second-order valence-electron chi connectivity index (χ2n) is 4.80. The summed E-state index contributed by atoms with van der Waals surface area (Å²) in [5.41, 5.74) is 0.683. The highest BCUT2D eigenvalue weighted by molar-refractivity contribution is 6.30. The van der Waals surface area contributed by atoms with Gasteiger partial charge in [0.1, 0.15) is 0 Å². The van der Waals surface area contributed by atoms with Crippen molar-refractivity contribution in [2.24, 2.45) is 5.92 Å². The Morgan fingerprint density at radius 2 is 2.16 bits per heavy atom. The number of hydrogen-bond acceptors (Lipinski definition) is 3. The van der Waals surface area contributed by atoms with Crippen molar-refractivity contribution in [2.45, 2.75) is 26.3 Å². The van der Waals surface area contributed by atoms with Crippen LogP contribution in [0.5, 0.6) is 0 Å². The Morgan fingerprint density at radius 3 is 2.74 bits per heavy atom. The van der Waals surface area contributed by atoms with Crippen LogP contribution in [0.15, 0.2) is 24.3 Å². The van der Waals surface area contributed by atoms with E-state index in [1.807, 2.05) is 0 Å². The van der Waals surface area contributed by atoms with Gasteiger partial charge in [0.15, 0.2) is 0 Å². The van der Waals surface area contributed by atoms with E-state index in [2.05, 4.69) is 24.5 Å². The minimum absolute atomic E-state index is 0.117. The van der Waals surface area contributed by atoms with Crippen LogP contribution in [0, 0.1) is 5.92 Å². The van der Waals surface area contributed by atoms with E-state index in [1.54, 1.807) is 24.3 Å². The van der Waals surface area contributed by atoms with Crippen LogP contribution in [0.3, 0.4) is 0 Å². The zero-order valence-corrected chi connectivity index (χ0v) is 12.1. The lowest BCUT2D eigenvalue weighted by Gasteiger charge is -2.21. The smallest absolute Gasteiger partial charge is 0.238 e. The molecule has 1 aromatic rings. The minimum Gasteiger partial charge on any atom is -0.396 e. The van der Waals surface area contributed by atoms with Gasteiger partial charge >= 0.3 is 0 Å². The first-order valence-electron chi connectivity index (χ1n) is 6.42. The summed E-state index contributed by atoms with van der Waals surface area (Å²) in [5.74, 6) is 0.247. The van der Waals surface area contributed by atoms with Crippen molar-refractivity contribution >= 4 is 23.2 Å². The molecule has 0 fully saturated rings. The monoisotopic (exact) mass is 284 g/mol. The SMILES string of the molecule is CC(C)C(CCO)NCC(=O)Nc1cccc(Cl)c1. The molecule has 19 heavy (non-hydrogen) atoms. The molecule has 0 aliphatic rings. The molecule has 0 aliphatic carbocycles. The number of rotatable bonds is 7. The predicted octanol–water partition coefficient (Wildman–Crippen LogP) is 2.28. The van der Waals surface area contributed by atoms with Crippen LogP contribution < -0.4 is 10.6 Å². The van der Waals surface area contributed by atoms with Gasteiger partial charge in [-0.1, -0.05) is 31.5 Å². The second kappa shape index (κ2) is 8.15. The lowest BCUT2D eigenvalue weighted by Crippen LogP contribution is -2.39. The van der Waals surface area contributed by atoms with E-state index in [0.29, 0.717) is 23.0 Å². The number of aliphatic hydroxyl groups excluding tert-OH is 1. The molecule has 1 unspecified atom stereocenters. The number of amides is 1. The summed E-state index contributed by atoms with van der Waals surface area (Å²) in [7, 11) is 0. The fraction of sp³-hybridized carbons (Fsp3) is 0.500. The summed E-state index contributed by atoms with van der Waals surface area (Å²) < 4.78 is 0. The molecule has 0 saturated carbocycles. The molecule has 0 radical (unpaired) electrons. The first-order valence-corrected chi connectivity index (χ1v) is 6.80. The van der Waals surface area contributed by atoms with E-state index in [-0.39, 0.29) is 25.1 Å². The number of anilines is 1. The van der Waals surface area contributed by atoms with Gasteiger partial charge in [-0.05, 0) is 30.5 Å². The average molecular weight is 285 g/mol. The predicted molar refractivity (Wildman–Crippen MR) is 78.4 cm³/mol. The topological polar surface area (TPSA) is 61.4 Å². The highest BCUT2D eigenvalue weighted by Gasteiger charge is 2.13. The van der Waals surface area contributed by atoms with Crippen molar-refractivity contribution < 1.29 is 9.90 Å². The third kappa shape index (κ3) is 6.05. The molecule has 4 nitrogen and oxygen atoms in total. The van der Waals surface area contributed by atoms with Crippen LogP contribution in [-0.4, -0.2) is 30.2 Å². The number of carbonyl (C=O) groups excluding carboxylic acids is 1. The van der Waals surface area contributed by atoms with E-state index < -0.39 is 0 Å². The third-order valence-electron chi connectivity index (χ3n) is 2.88. The number of benzene rings is 1. The molecule has 0 heterocycles. The first kappa shape index (κ1) is 16.0. The molecule has 1 aromatic carbocycles. The van der Waals surface area contributed by atoms with Gasteiger partial charge in [-0.25, -0.2) is 0 Å². The maximum absolute atomic E-state index is 11.8. The van der Waals surface area contributed by atoms with Crippen molar-refractivity contribution in [3.63, 3.8) is 0 Å². The standard InChI is InChI=1S/C14H21ClN2O2/c1-10(2)13(6-7-18)16-9-14(19)17-12-5-3-4-11(15)8-12/h3-5,8,10,13,16,18H,6-7,9H2,1-2H3,(H,17,19). The molecule has 3 N–H and O–H groups in total. The Bertz CT molecular complexity index is 410. The van der Waals surface area contributed by atoms with Crippen molar-refractivity contribution in [3.05, 3.63) is 29.3 Å². The van der Waals surface area contributed by atoms with Crippen LogP contribution in [0.25, 0.3) is 0 Å². The molecule has 0 aliphatic heterocycles. The summed E-state index contributed by atoms with van der Waals surface area (Å²) in [6.07, 6.45) is 0.641. The summed E-state index contributed by atoms with van der Waals surface area (Å²) in [6.45, 7) is 4.45. The van der Waals surface area contributed by atoms with Gasteiger partial charge in [0.05, 0.1) is 6.54 Å². The van der Waals surface area contributed by atoms with Crippen LogP contribution >= 0.6 is 11.6 Å². The lowest BCUT2D eigenvalue weighted by atomic mass is 10.0. The van der Waals surface area contributed by atoms with Gasteiger partial charge in [0.2, 0.25) is 5.91 Å². The Kier molecular flexibility index (Phi) is 6.84. The van der Waals surface area contributed by atoms with Crippen molar-refractivity contribution in [1.82, 2.24) is 5.32 Å². The molecule has 1 amide bonds. The Morgan fingerprint density at radius 1 is 1.42 bits per heavy atom. The molecular weight excluding hydrogens is 264 g/mol. The van der Waals surface area contributed by atoms with Gasteiger partial charge in [0.25, 0.3) is 0 Å². The number of halogens is 1. The highest BCUT2D eigenvalue weighted by atomic mass is 35.5. The number of hydrogen-bond donors (Lipinski definition) is 3. The molecule has 1 atom stereocenters. The van der Waals surface area contributed by atoms with Crippen LogP contribution in [0.2, 0.25) is 5.02 Å². The minimum atomic E-state index is -0.120. The van der Waals surface area contributed by atoms with Gasteiger partial charge < -0.3 is 15.7 Å². The quantitative estimate of drug-likeness (QED) is 0.720. The Labute approximate surface area is 119 Å². The highest BCUT2D eigenvalue weighted by Crippen LogP contribution is 2.14. The lowest BCUT2D eigenvalue weighted by molar-refractivity contribution is -0.115. The Hall–Kier alpha value is -1.10. The first-order chi connectivity index (χ1) is 9.02. The van der Waals surface area contributed by atoms with E-state index >= 15 is 0 Å². The van der Waals surface area contributed by atoms with Gasteiger partial charge in [-0.2, -0.15) is 0 Å². The van der Waals surface area contributed by atoms with Crippen molar-refractivity contribution in [1.29, 1.82) is 0 Å². The summed E-state index contributed by atoms with van der Waals surface area (Å²) in [5, 5.41) is 15.5. The van der Waals surface area contributed by atoms with Crippen LogP contribution in [-0.2, 0) is 4.79 Å². The van der Waals surface area contributed by atoms with E-state index in [9.17, 15) is 4.79 Å². The van der Waals surface area contributed by atoms with Gasteiger partial charge in [0, 0.05) is 23.4 Å². The van der Waals surface area contributed by atoms with E-state index in [0.717, 1.165) is 0 Å². The van der Waals surface area contributed by atoms with Crippen LogP contribution in [0.1, 0.15) is 20.3 Å². The molecule has 0 saturated heterocycles. The number of aliphatic hydroxyl groups is 1. The second-order valence-corrected chi connectivity index (χ2v) is 5.24. The summed E-state index contributed by atoms with van der Waals surface area (Å²) in [4.78, 5) is 11.8. The average Bonchev–Trinajstić information content (AvgIpc) is 2.34. The molecule has 106 valence electrons. The summed E-state index contributed by atoms with van der Waals surface area (Å²) in [6, 6.07) is 7.17. The molecule has 0 spiro atoms. The third-order valence-corrected chi connectivity index (χ3v) is 3.11. The normalized spacial score (nSPS) is 12.5. The van der Waals surface area contributed by atoms with Crippen LogP contribution in [0.4, 0.5) is 5.69 Å².